The summed E-state index contributed by atoms with van der Waals surface area (Å²) in [5.41, 5.74) is 4.86. The number of carbonyl (C=O) groups is 1. The van der Waals surface area contributed by atoms with Crippen LogP contribution >= 0.6 is 11.8 Å². The Balaban J connectivity index is 2.13. The molecule has 0 aliphatic carbocycles. The van der Waals surface area contributed by atoms with Gasteiger partial charge in [-0.05, 0) is 43.7 Å². The largest absolute Gasteiger partial charge is 0.368 e. The Morgan fingerprint density at radius 1 is 1.24 bits per heavy atom. The van der Waals surface area contributed by atoms with Gasteiger partial charge in [0.1, 0.15) is 5.54 Å². The molecule has 0 heterocycles. The second kappa shape index (κ2) is 6.50. The van der Waals surface area contributed by atoms with Crippen LogP contribution in [0.25, 0.3) is 10.8 Å². The molecule has 2 aromatic carbocycles. The minimum atomic E-state index is -0.704. The Hall–Kier alpha value is -1.52. The summed E-state index contributed by atoms with van der Waals surface area (Å²) in [4.78, 5) is 12.9. The van der Waals surface area contributed by atoms with E-state index in [4.69, 9.17) is 5.73 Å². The van der Waals surface area contributed by atoms with Gasteiger partial charge in [0, 0.05) is 16.7 Å². The first-order valence-corrected chi connectivity index (χ1v) is 8.08. The molecule has 112 valence electrons. The van der Waals surface area contributed by atoms with Crippen LogP contribution in [0, 0.1) is 0 Å². The van der Waals surface area contributed by atoms with Crippen LogP contribution in [-0.2, 0) is 4.79 Å². The SMILES string of the molecule is CC(C)NC(C)(CSc1ccc2ccccc2c1)C(N)=O. The molecular weight excluding hydrogens is 280 g/mol. The van der Waals surface area contributed by atoms with Gasteiger partial charge in [0.15, 0.2) is 0 Å². The second-order valence-electron chi connectivity index (χ2n) is 5.79. The van der Waals surface area contributed by atoms with Crippen molar-refractivity contribution in [2.75, 3.05) is 5.75 Å². The van der Waals surface area contributed by atoms with Crippen LogP contribution in [0.2, 0.25) is 0 Å². The topological polar surface area (TPSA) is 55.1 Å². The summed E-state index contributed by atoms with van der Waals surface area (Å²) in [5, 5.41) is 5.70. The molecule has 21 heavy (non-hydrogen) atoms. The molecule has 1 amide bonds. The van der Waals surface area contributed by atoms with E-state index in [-0.39, 0.29) is 11.9 Å². The van der Waals surface area contributed by atoms with Crippen LogP contribution in [0.15, 0.2) is 47.4 Å². The highest BCUT2D eigenvalue weighted by molar-refractivity contribution is 7.99. The highest BCUT2D eigenvalue weighted by atomic mass is 32.2. The molecule has 3 N–H and O–H groups in total. The predicted molar refractivity (Wildman–Crippen MR) is 90.5 cm³/mol. The molecule has 0 aliphatic rings. The number of carbonyl (C=O) groups excluding carboxylic acids is 1. The Morgan fingerprint density at radius 3 is 2.52 bits per heavy atom. The van der Waals surface area contributed by atoms with Gasteiger partial charge in [-0.15, -0.1) is 11.8 Å². The molecule has 0 saturated heterocycles. The van der Waals surface area contributed by atoms with Gasteiger partial charge in [-0.1, -0.05) is 30.3 Å². The van der Waals surface area contributed by atoms with Gasteiger partial charge in [0.2, 0.25) is 5.91 Å². The first-order chi connectivity index (χ1) is 9.90. The fourth-order valence-corrected chi connectivity index (χ4v) is 3.36. The average molecular weight is 302 g/mol. The lowest BCUT2D eigenvalue weighted by Gasteiger charge is -2.29. The van der Waals surface area contributed by atoms with Crippen molar-refractivity contribution >= 4 is 28.4 Å². The van der Waals surface area contributed by atoms with Gasteiger partial charge in [-0.25, -0.2) is 0 Å². The molecule has 0 fully saturated rings. The zero-order chi connectivity index (χ0) is 15.5. The quantitative estimate of drug-likeness (QED) is 0.806. The number of benzene rings is 2. The van der Waals surface area contributed by atoms with Gasteiger partial charge < -0.3 is 11.1 Å². The maximum atomic E-state index is 11.7. The van der Waals surface area contributed by atoms with Crippen molar-refractivity contribution in [3.8, 4) is 0 Å². The number of primary amides is 1. The van der Waals surface area contributed by atoms with Crippen molar-refractivity contribution in [1.29, 1.82) is 0 Å². The molecule has 4 heteroatoms. The second-order valence-corrected chi connectivity index (χ2v) is 6.84. The fraction of sp³-hybridized carbons (Fsp3) is 0.353. The number of rotatable bonds is 6. The molecule has 0 aliphatic heterocycles. The van der Waals surface area contributed by atoms with Crippen LogP contribution in [0.1, 0.15) is 20.8 Å². The van der Waals surface area contributed by atoms with Crippen LogP contribution in [0.3, 0.4) is 0 Å². The van der Waals surface area contributed by atoms with Gasteiger partial charge in [-0.3, -0.25) is 4.79 Å². The standard InChI is InChI=1S/C17H22N2OS/c1-12(2)19-17(3,16(18)20)11-21-15-9-8-13-6-4-5-7-14(13)10-15/h4-10,12,19H,11H2,1-3H3,(H2,18,20). The monoisotopic (exact) mass is 302 g/mol. The number of nitrogens with one attached hydrogen (secondary N) is 1. The van der Waals surface area contributed by atoms with Crippen LogP contribution in [-0.4, -0.2) is 23.2 Å². The first kappa shape index (κ1) is 15.9. The van der Waals surface area contributed by atoms with Crippen LogP contribution in [0.4, 0.5) is 0 Å². The summed E-state index contributed by atoms with van der Waals surface area (Å²) in [6, 6.07) is 14.8. The fourth-order valence-electron chi connectivity index (χ4n) is 2.31. The Kier molecular flexibility index (Phi) is 4.91. The number of nitrogens with two attached hydrogens (primary N) is 1. The zero-order valence-electron chi connectivity index (χ0n) is 12.7. The van der Waals surface area contributed by atoms with E-state index in [0.717, 1.165) is 4.90 Å². The van der Waals surface area contributed by atoms with E-state index in [1.807, 2.05) is 32.9 Å². The molecule has 0 radical (unpaired) electrons. The third-order valence-electron chi connectivity index (χ3n) is 3.40. The van der Waals surface area contributed by atoms with Gasteiger partial charge in [0.05, 0.1) is 0 Å². The maximum Gasteiger partial charge on any atom is 0.238 e. The highest BCUT2D eigenvalue weighted by Crippen LogP contribution is 2.26. The normalized spacial score (nSPS) is 14.3. The van der Waals surface area contributed by atoms with Gasteiger partial charge >= 0.3 is 0 Å². The molecule has 0 saturated carbocycles. The summed E-state index contributed by atoms with van der Waals surface area (Å²) in [7, 11) is 0. The molecule has 3 nitrogen and oxygen atoms in total. The summed E-state index contributed by atoms with van der Waals surface area (Å²) < 4.78 is 0. The third-order valence-corrected chi connectivity index (χ3v) is 4.71. The predicted octanol–water partition coefficient (Wildman–Crippen LogP) is 3.17. The van der Waals surface area contributed by atoms with Crippen molar-refractivity contribution in [1.82, 2.24) is 5.32 Å². The summed E-state index contributed by atoms with van der Waals surface area (Å²) in [6.45, 7) is 5.90. The Morgan fingerprint density at radius 2 is 1.90 bits per heavy atom. The molecule has 1 unspecified atom stereocenters. The number of fused-ring (bicyclic) bond motifs is 1. The lowest BCUT2D eigenvalue weighted by molar-refractivity contribution is -0.123. The highest BCUT2D eigenvalue weighted by Gasteiger charge is 2.31. The minimum Gasteiger partial charge on any atom is -0.368 e. The average Bonchev–Trinajstić information content (AvgIpc) is 2.44. The number of thioether (sulfide) groups is 1. The summed E-state index contributed by atoms with van der Waals surface area (Å²) in [6.07, 6.45) is 0. The van der Waals surface area contributed by atoms with E-state index in [0.29, 0.717) is 5.75 Å². The Labute approximate surface area is 130 Å². The number of hydrogen-bond acceptors (Lipinski definition) is 3. The van der Waals surface area contributed by atoms with Crippen molar-refractivity contribution in [3.05, 3.63) is 42.5 Å². The van der Waals surface area contributed by atoms with Crippen molar-refractivity contribution in [2.24, 2.45) is 5.73 Å². The zero-order valence-corrected chi connectivity index (χ0v) is 13.5. The number of amides is 1. The van der Waals surface area contributed by atoms with Crippen LogP contribution in [0.5, 0.6) is 0 Å². The van der Waals surface area contributed by atoms with E-state index in [1.165, 1.54) is 10.8 Å². The third kappa shape index (κ3) is 3.99. The van der Waals surface area contributed by atoms with E-state index in [9.17, 15) is 4.79 Å². The van der Waals surface area contributed by atoms with Crippen molar-refractivity contribution in [3.63, 3.8) is 0 Å². The molecular formula is C17H22N2OS. The van der Waals surface area contributed by atoms with Gasteiger partial charge in [-0.2, -0.15) is 0 Å². The van der Waals surface area contributed by atoms with E-state index < -0.39 is 5.54 Å². The van der Waals surface area contributed by atoms with Crippen molar-refractivity contribution in [2.45, 2.75) is 37.2 Å². The molecule has 0 aromatic heterocycles. The summed E-state index contributed by atoms with van der Waals surface area (Å²) in [5.74, 6) is 0.295. The molecule has 0 spiro atoms. The van der Waals surface area contributed by atoms with Crippen molar-refractivity contribution < 1.29 is 4.79 Å². The Bertz CT molecular complexity index is 641. The van der Waals surface area contributed by atoms with E-state index in [1.54, 1.807) is 11.8 Å². The molecule has 0 bridgehead atoms. The van der Waals surface area contributed by atoms with Crippen LogP contribution < -0.4 is 11.1 Å². The van der Waals surface area contributed by atoms with Gasteiger partial charge in [0.25, 0.3) is 0 Å². The maximum absolute atomic E-state index is 11.7. The lowest BCUT2D eigenvalue weighted by Crippen LogP contribution is -2.57. The molecule has 2 aromatic rings. The smallest absolute Gasteiger partial charge is 0.238 e. The molecule has 2 rings (SSSR count). The number of hydrogen-bond donors (Lipinski definition) is 2. The molecule has 1 atom stereocenters. The summed E-state index contributed by atoms with van der Waals surface area (Å²) >= 11 is 1.65. The lowest BCUT2D eigenvalue weighted by atomic mass is 10.0. The minimum absolute atomic E-state index is 0.208. The first-order valence-electron chi connectivity index (χ1n) is 7.10. The van der Waals surface area contributed by atoms with E-state index in [2.05, 4.69) is 35.6 Å². The van der Waals surface area contributed by atoms with E-state index >= 15 is 0 Å².